The first kappa shape index (κ1) is 16.3. The van der Waals surface area contributed by atoms with Gasteiger partial charge in [-0.05, 0) is 38.1 Å². The average molecular weight is 291 g/mol. The molecule has 0 bridgehead atoms. The Morgan fingerprint density at radius 3 is 2.25 bits per heavy atom. The van der Waals surface area contributed by atoms with E-state index < -0.39 is 6.36 Å². The number of ether oxygens (including phenoxy) is 1. The van der Waals surface area contributed by atoms with E-state index in [0.717, 1.165) is 12.1 Å². The van der Waals surface area contributed by atoms with Gasteiger partial charge < -0.3 is 14.7 Å². The van der Waals surface area contributed by atoms with Gasteiger partial charge in [-0.3, -0.25) is 4.79 Å². The zero-order valence-corrected chi connectivity index (χ0v) is 11.1. The van der Waals surface area contributed by atoms with E-state index in [1.165, 1.54) is 17.0 Å². The molecule has 0 aliphatic carbocycles. The predicted octanol–water partition coefficient (Wildman–Crippen LogP) is 2.43. The lowest BCUT2D eigenvalue weighted by molar-refractivity contribution is -0.274. The summed E-state index contributed by atoms with van der Waals surface area (Å²) in [5, 5.41) is 8.91. The Morgan fingerprint density at radius 1 is 1.30 bits per heavy atom. The number of nitrogens with zero attached hydrogens (tertiary/aromatic N) is 1. The molecule has 112 valence electrons. The molecular formula is C13H16F3NO3. The van der Waals surface area contributed by atoms with E-state index in [9.17, 15) is 18.0 Å². The number of halogens is 3. The predicted molar refractivity (Wildman–Crippen MR) is 66.4 cm³/mol. The summed E-state index contributed by atoms with van der Waals surface area (Å²) in [4.78, 5) is 13.6. The zero-order valence-electron chi connectivity index (χ0n) is 11.1. The van der Waals surface area contributed by atoms with Crippen molar-refractivity contribution in [3.63, 3.8) is 0 Å². The molecule has 0 unspecified atom stereocenters. The van der Waals surface area contributed by atoms with Crippen LogP contribution in [0.5, 0.6) is 5.75 Å². The Labute approximate surface area is 114 Å². The zero-order chi connectivity index (χ0) is 15.3. The molecule has 0 fully saturated rings. The molecule has 20 heavy (non-hydrogen) atoms. The molecule has 0 atom stereocenters. The lowest BCUT2D eigenvalue weighted by atomic mass is 10.1. The van der Waals surface area contributed by atoms with E-state index >= 15 is 0 Å². The summed E-state index contributed by atoms with van der Waals surface area (Å²) in [6.45, 7) is 3.56. The van der Waals surface area contributed by atoms with Crippen LogP contribution >= 0.6 is 0 Å². The summed E-state index contributed by atoms with van der Waals surface area (Å²) in [6.07, 6.45) is -4.76. The SMILES string of the molecule is CC(C)N(CCO)C(=O)c1ccc(OC(F)(F)F)cc1. The fourth-order valence-electron chi connectivity index (χ4n) is 1.67. The van der Waals surface area contributed by atoms with Gasteiger partial charge in [0.25, 0.3) is 5.91 Å². The number of hydrogen-bond donors (Lipinski definition) is 1. The Hall–Kier alpha value is -1.76. The number of aliphatic hydroxyl groups is 1. The van der Waals surface area contributed by atoms with Crippen molar-refractivity contribution in [2.24, 2.45) is 0 Å². The molecule has 0 aliphatic heterocycles. The highest BCUT2D eigenvalue weighted by Gasteiger charge is 2.31. The van der Waals surface area contributed by atoms with Gasteiger partial charge in [-0.15, -0.1) is 13.2 Å². The van der Waals surface area contributed by atoms with Crippen molar-refractivity contribution in [3.05, 3.63) is 29.8 Å². The highest BCUT2D eigenvalue weighted by atomic mass is 19.4. The van der Waals surface area contributed by atoms with Gasteiger partial charge in [0.05, 0.1) is 6.61 Å². The number of benzene rings is 1. The highest BCUT2D eigenvalue weighted by Crippen LogP contribution is 2.23. The first-order valence-electron chi connectivity index (χ1n) is 6.02. The first-order valence-corrected chi connectivity index (χ1v) is 6.02. The van der Waals surface area contributed by atoms with Crippen LogP contribution in [0.15, 0.2) is 24.3 Å². The number of carbonyl (C=O) groups excluding carboxylic acids is 1. The van der Waals surface area contributed by atoms with Gasteiger partial charge in [0.15, 0.2) is 0 Å². The number of amides is 1. The minimum Gasteiger partial charge on any atom is -0.406 e. The van der Waals surface area contributed by atoms with Gasteiger partial charge in [0, 0.05) is 18.2 Å². The van der Waals surface area contributed by atoms with Gasteiger partial charge in [0.1, 0.15) is 5.75 Å². The van der Waals surface area contributed by atoms with Crippen molar-refractivity contribution >= 4 is 5.91 Å². The maximum atomic E-state index is 12.1. The lowest BCUT2D eigenvalue weighted by Crippen LogP contribution is -2.38. The molecule has 0 saturated carbocycles. The highest BCUT2D eigenvalue weighted by molar-refractivity contribution is 5.94. The Morgan fingerprint density at radius 2 is 1.85 bits per heavy atom. The van der Waals surface area contributed by atoms with E-state index in [-0.39, 0.29) is 36.4 Å². The molecule has 1 aromatic rings. The maximum absolute atomic E-state index is 12.1. The molecule has 1 amide bonds. The molecule has 4 nitrogen and oxygen atoms in total. The quantitative estimate of drug-likeness (QED) is 0.906. The van der Waals surface area contributed by atoms with Crippen LogP contribution in [0.4, 0.5) is 13.2 Å². The fourth-order valence-corrected chi connectivity index (χ4v) is 1.67. The standard InChI is InChI=1S/C13H16F3NO3/c1-9(2)17(7-8-18)12(19)10-3-5-11(6-4-10)20-13(14,15)16/h3-6,9,18H,7-8H2,1-2H3. The van der Waals surface area contributed by atoms with Crippen molar-refractivity contribution in [1.82, 2.24) is 4.90 Å². The van der Waals surface area contributed by atoms with E-state index in [1.807, 2.05) is 0 Å². The van der Waals surface area contributed by atoms with Crippen LogP contribution < -0.4 is 4.74 Å². The topological polar surface area (TPSA) is 49.8 Å². The number of rotatable bonds is 5. The monoisotopic (exact) mass is 291 g/mol. The van der Waals surface area contributed by atoms with Crippen LogP contribution in [0.2, 0.25) is 0 Å². The number of alkyl halides is 3. The lowest BCUT2D eigenvalue weighted by Gasteiger charge is -2.26. The van der Waals surface area contributed by atoms with Gasteiger partial charge >= 0.3 is 6.36 Å². The second-order valence-corrected chi connectivity index (χ2v) is 4.39. The minimum absolute atomic E-state index is 0.124. The molecule has 0 saturated heterocycles. The normalized spacial score (nSPS) is 11.6. The summed E-state index contributed by atoms with van der Waals surface area (Å²) in [5.74, 6) is -0.736. The van der Waals surface area contributed by atoms with Crippen molar-refractivity contribution in [1.29, 1.82) is 0 Å². The second-order valence-electron chi connectivity index (χ2n) is 4.39. The fraction of sp³-hybridized carbons (Fsp3) is 0.462. The Kier molecular flexibility index (Phi) is 5.38. The van der Waals surface area contributed by atoms with Crippen molar-refractivity contribution < 1.29 is 27.8 Å². The third-order valence-electron chi connectivity index (χ3n) is 2.56. The van der Waals surface area contributed by atoms with Gasteiger partial charge in [-0.1, -0.05) is 0 Å². The molecule has 0 spiro atoms. The van der Waals surface area contributed by atoms with Crippen LogP contribution in [0, 0.1) is 0 Å². The number of hydrogen-bond acceptors (Lipinski definition) is 3. The smallest absolute Gasteiger partial charge is 0.406 e. The molecule has 1 N–H and O–H groups in total. The minimum atomic E-state index is -4.76. The third-order valence-corrected chi connectivity index (χ3v) is 2.56. The van der Waals surface area contributed by atoms with Crippen molar-refractivity contribution in [2.45, 2.75) is 26.3 Å². The van der Waals surface area contributed by atoms with Crippen LogP contribution in [0.1, 0.15) is 24.2 Å². The molecule has 1 aromatic carbocycles. The molecule has 0 radical (unpaired) electrons. The van der Waals surface area contributed by atoms with E-state index in [1.54, 1.807) is 13.8 Å². The van der Waals surface area contributed by atoms with Crippen LogP contribution in [-0.2, 0) is 0 Å². The summed E-state index contributed by atoms with van der Waals surface area (Å²) < 4.78 is 39.8. The largest absolute Gasteiger partial charge is 0.573 e. The van der Waals surface area contributed by atoms with Crippen LogP contribution in [-0.4, -0.2) is 41.5 Å². The first-order chi connectivity index (χ1) is 9.24. The summed E-state index contributed by atoms with van der Waals surface area (Å²) >= 11 is 0. The second kappa shape index (κ2) is 6.60. The average Bonchev–Trinajstić information content (AvgIpc) is 2.33. The third kappa shape index (κ3) is 4.73. The Bertz CT molecular complexity index is 443. The molecule has 1 rings (SSSR count). The molecule has 0 aromatic heterocycles. The molecule has 0 heterocycles. The van der Waals surface area contributed by atoms with Gasteiger partial charge in [-0.25, -0.2) is 0 Å². The molecular weight excluding hydrogens is 275 g/mol. The molecule has 7 heteroatoms. The van der Waals surface area contributed by atoms with Crippen molar-refractivity contribution in [2.75, 3.05) is 13.2 Å². The number of carbonyl (C=O) groups is 1. The Balaban J connectivity index is 2.84. The van der Waals surface area contributed by atoms with E-state index in [4.69, 9.17) is 5.11 Å². The summed E-state index contributed by atoms with van der Waals surface area (Å²) in [7, 11) is 0. The van der Waals surface area contributed by atoms with Gasteiger partial charge in [-0.2, -0.15) is 0 Å². The van der Waals surface area contributed by atoms with Crippen LogP contribution in [0.25, 0.3) is 0 Å². The van der Waals surface area contributed by atoms with Gasteiger partial charge in [0.2, 0.25) is 0 Å². The van der Waals surface area contributed by atoms with Crippen LogP contribution in [0.3, 0.4) is 0 Å². The summed E-state index contributed by atoms with van der Waals surface area (Å²) in [5.41, 5.74) is 0.238. The van der Waals surface area contributed by atoms with E-state index in [0.29, 0.717) is 0 Å². The van der Waals surface area contributed by atoms with E-state index in [2.05, 4.69) is 4.74 Å². The number of aliphatic hydroxyl groups excluding tert-OH is 1. The maximum Gasteiger partial charge on any atom is 0.573 e. The summed E-state index contributed by atoms with van der Waals surface area (Å²) in [6, 6.07) is 4.56. The van der Waals surface area contributed by atoms with Crippen molar-refractivity contribution in [3.8, 4) is 5.75 Å². The molecule has 0 aliphatic rings.